The Hall–Kier alpha value is -0.870. The first-order chi connectivity index (χ1) is 9.34. The summed E-state index contributed by atoms with van der Waals surface area (Å²) in [7, 11) is 0. The van der Waals surface area contributed by atoms with E-state index in [0.29, 0.717) is 12.1 Å². The second-order valence-electron chi connectivity index (χ2n) is 5.82. The Kier molecular flexibility index (Phi) is 4.18. The van der Waals surface area contributed by atoms with E-state index in [9.17, 15) is 0 Å². The zero-order valence-corrected chi connectivity index (χ0v) is 11.9. The molecule has 1 aliphatic heterocycles. The average Bonchev–Trinajstić information content (AvgIpc) is 2.85. The molecule has 1 aromatic rings. The van der Waals surface area contributed by atoms with Crippen LogP contribution < -0.4 is 0 Å². The van der Waals surface area contributed by atoms with Gasteiger partial charge in [0.15, 0.2) is 0 Å². The van der Waals surface area contributed by atoms with Crippen molar-refractivity contribution < 1.29 is 4.74 Å². The highest BCUT2D eigenvalue weighted by Gasteiger charge is 2.33. The lowest BCUT2D eigenvalue weighted by atomic mass is 9.90. The number of nitrogens with zero attached hydrogens (tertiary/aromatic N) is 3. The van der Waals surface area contributed by atoms with Gasteiger partial charge in [0.1, 0.15) is 5.82 Å². The number of fused-ring (bicyclic) bond motifs is 1. The lowest BCUT2D eigenvalue weighted by Crippen LogP contribution is -2.52. The summed E-state index contributed by atoms with van der Waals surface area (Å²) in [5.41, 5.74) is 0. The first-order valence-electron chi connectivity index (χ1n) is 7.68. The zero-order chi connectivity index (χ0) is 13.1. The second-order valence-corrected chi connectivity index (χ2v) is 5.82. The Balaban J connectivity index is 1.50. The Bertz CT molecular complexity index is 402. The molecule has 2 heterocycles. The van der Waals surface area contributed by atoms with Crippen LogP contribution in [-0.4, -0.2) is 46.3 Å². The Morgan fingerprint density at radius 2 is 2.21 bits per heavy atom. The molecule has 4 heteroatoms. The van der Waals surface area contributed by atoms with E-state index in [1.165, 1.54) is 38.6 Å². The molecule has 1 aliphatic carbocycles. The number of aromatic nitrogens is 2. The number of hydrogen-bond acceptors (Lipinski definition) is 3. The largest absolute Gasteiger partial charge is 0.375 e. The van der Waals surface area contributed by atoms with Crippen LogP contribution in [0.4, 0.5) is 0 Å². The predicted molar refractivity (Wildman–Crippen MR) is 75.2 cm³/mol. The SMILES string of the molecule is Cc1nccn1CCCN1CCO[C@@H]2CCCC[C@H]21. The van der Waals surface area contributed by atoms with E-state index in [0.717, 1.165) is 25.5 Å². The third-order valence-corrected chi connectivity index (χ3v) is 4.62. The van der Waals surface area contributed by atoms with Crippen LogP contribution in [-0.2, 0) is 11.3 Å². The van der Waals surface area contributed by atoms with E-state index in [1.807, 2.05) is 6.20 Å². The number of ether oxygens (including phenoxy) is 1. The Morgan fingerprint density at radius 1 is 1.32 bits per heavy atom. The molecule has 0 N–H and O–H groups in total. The summed E-state index contributed by atoms with van der Waals surface area (Å²) in [6.07, 6.45) is 11.0. The molecule has 0 radical (unpaired) electrons. The molecule has 1 aromatic heterocycles. The van der Waals surface area contributed by atoms with Gasteiger partial charge in [-0.2, -0.15) is 0 Å². The molecule has 0 bridgehead atoms. The minimum Gasteiger partial charge on any atom is -0.375 e. The Morgan fingerprint density at radius 3 is 3.05 bits per heavy atom. The van der Waals surface area contributed by atoms with Crippen LogP contribution in [0.15, 0.2) is 12.4 Å². The fourth-order valence-electron chi connectivity index (χ4n) is 3.54. The van der Waals surface area contributed by atoms with E-state index >= 15 is 0 Å². The standard InChI is InChI=1S/C15H25N3O/c1-13-16-7-10-17(13)8-4-9-18-11-12-19-15-6-3-2-5-14(15)18/h7,10,14-15H,2-6,8-9,11-12H2,1H3/t14-,15-/m1/s1. The highest BCUT2D eigenvalue weighted by atomic mass is 16.5. The summed E-state index contributed by atoms with van der Waals surface area (Å²) in [6.45, 7) is 6.39. The van der Waals surface area contributed by atoms with Gasteiger partial charge in [0, 0.05) is 38.1 Å². The number of rotatable bonds is 4. The van der Waals surface area contributed by atoms with Gasteiger partial charge in [-0.25, -0.2) is 4.98 Å². The van der Waals surface area contributed by atoms with Gasteiger partial charge >= 0.3 is 0 Å². The van der Waals surface area contributed by atoms with Crippen molar-refractivity contribution in [1.82, 2.24) is 14.5 Å². The first-order valence-corrected chi connectivity index (χ1v) is 7.68. The van der Waals surface area contributed by atoms with Crippen molar-refractivity contribution in [3.05, 3.63) is 18.2 Å². The van der Waals surface area contributed by atoms with Gasteiger partial charge in [0.25, 0.3) is 0 Å². The predicted octanol–water partition coefficient (Wildman–Crippen LogP) is 2.23. The van der Waals surface area contributed by atoms with Crippen LogP contribution in [0.5, 0.6) is 0 Å². The maximum Gasteiger partial charge on any atom is 0.105 e. The Labute approximate surface area is 115 Å². The molecule has 0 spiro atoms. The monoisotopic (exact) mass is 263 g/mol. The van der Waals surface area contributed by atoms with E-state index in [4.69, 9.17) is 4.74 Å². The third kappa shape index (κ3) is 3.00. The quantitative estimate of drug-likeness (QED) is 0.834. The van der Waals surface area contributed by atoms with Crippen LogP contribution in [0, 0.1) is 6.92 Å². The number of hydrogen-bond donors (Lipinski definition) is 0. The molecule has 3 rings (SSSR count). The summed E-state index contributed by atoms with van der Waals surface area (Å²) in [5, 5.41) is 0. The molecule has 1 saturated carbocycles. The summed E-state index contributed by atoms with van der Waals surface area (Å²) >= 11 is 0. The fourth-order valence-corrected chi connectivity index (χ4v) is 3.54. The van der Waals surface area contributed by atoms with Crippen LogP contribution in [0.1, 0.15) is 37.9 Å². The molecular weight excluding hydrogens is 238 g/mol. The van der Waals surface area contributed by atoms with Crippen LogP contribution in [0.25, 0.3) is 0 Å². The van der Waals surface area contributed by atoms with Gasteiger partial charge in [-0.1, -0.05) is 12.8 Å². The zero-order valence-electron chi connectivity index (χ0n) is 11.9. The lowest BCUT2D eigenvalue weighted by Gasteiger charge is -2.43. The maximum atomic E-state index is 5.93. The molecule has 106 valence electrons. The van der Waals surface area contributed by atoms with Crippen molar-refractivity contribution in [3.8, 4) is 0 Å². The molecular formula is C15H25N3O. The van der Waals surface area contributed by atoms with Crippen molar-refractivity contribution in [2.45, 2.75) is 57.7 Å². The van der Waals surface area contributed by atoms with E-state index in [-0.39, 0.29) is 0 Å². The van der Waals surface area contributed by atoms with Gasteiger partial charge < -0.3 is 9.30 Å². The molecule has 19 heavy (non-hydrogen) atoms. The molecule has 2 fully saturated rings. The smallest absolute Gasteiger partial charge is 0.105 e. The molecule has 0 amide bonds. The summed E-state index contributed by atoms with van der Waals surface area (Å²) < 4.78 is 8.18. The average molecular weight is 263 g/mol. The van der Waals surface area contributed by atoms with Crippen molar-refractivity contribution in [2.75, 3.05) is 19.7 Å². The summed E-state index contributed by atoms with van der Waals surface area (Å²) in [6, 6.07) is 0.686. The number of aryl methyl sites for hydroxylation is 2. The van der Waals surface area contributed by atoms with Crippen molar-refractivity contribution in [3.63, 3.8) is 0 Å². The molecule has 0 aromatic carbocycles. The third-order valence-electron chi connectivity index (χ3n) is 4.62. The molecule has 2 aliphatic rings. The summed E-state index contributed by atoms with van der Waals surface area (Å²) in [5.74, 6) is 1.12. The molecule has 4 nitrogen and oxygen atoms in total. The first kappa shape index (κ1) is 13.1. The minimum absolute atomic E-state index is 0.512. The topological polar surface area (TPSA) is 30.3 Å². The minimum atomic E-state index is 0.512. The molecule has 0 unspecified atom stereocenters. The van der Waals surface area contributed by atoms with Crippen LogP contribution >= 0.6 is 0 Å². The van der Waals surface area contributed by atoms with Gasteiger partial charge in [-0.05, 0) is 26.2 Å². The second kappa shape index (κ2) is 6.06. The normalized spacial score (nSPS) is 28.3. The van der Waals surface area contributed by atoms with Crippen molar-refractivity contribution in [1.29, 1.82) is 0 Å². The van der Waals surface area contributed by atoms with Crippen molar-refractivity contribution in [2.24, 2.45) is 0 Å². The number of morpholine rings is 1. The fraction of sp³-hybridized carbons (Fsp3) is 0.800. The van der Waals surface area contributed by atoms with E-state index in [1.54, 1.807) is 0 Å². The van der Waals surface area contributed by atoms with Gasteiger partial charge in [-0.3, -0.25) is 4.90 Å². The maximum absolute atomic E-state index is 5.93. The number of imidazole rings is 1. The van der Waals surface area contributed by atoms with Gasteiger partial charge in [0.05, 0.1) is 12.7 Å². The van der Waals surface area contributed by atoms with Crippen LogP contribution in [0.3, 0.4) is 0 Å². The van der Waals surface area contributed by atoms with Crippen LogP contribution in [0.2, 0.25) is 0 Å². The highest BCUT2D eigenvalue weighted by Crippen LogP contribution is 2.28. The van der Waals surface area contributed by atoms with Gasteiger partial charge in [-0.15, -0.1) is 0 Å². The lowest BCUT2D eigenvalue weighted by molar-refractivity contribution is -0.0883. The molecule has 2 atom stereocenters. The summed E-state index contributed by atoms with van der Waals surface area (Å²) in [4.78, 5) is 6.94. The highest BCUT2D eigenvalue weighted by molar-refractivity contribution is 4.89. The van der Waals surface area contributed by atoms with Crippen molar-refractivity contribution >= 4 is 0 Å². The molecule has 1 saturated heterocycles. The van der Waals surface area contributed by atoms with Gasteiger partial charge in [0.2, 0.25) is 0 Å². The van der Waals surface area contributed by atoms with E-state index < -0.39 is 0 Å². The van der Waals surface area contributed by atoms with E-state index in [2.05, 4.69) is 27.6 Å².